The van der Waals surface area contributed by atoms with Crippen LogP contribution in [0.4, 0.5) is 19.3 Å². The van der Waals surface area contributed by atoms with Crippen LogP contribution in [0.2, 0.25) is 0 Å². The van der Waals surface area contributed by atoms with E-state index in [1.807, 2.05) is 0 Å². The zero-order valence-corrected chi connectivity index (χ0v) is 14.0. The van der Waals surface area contributed by atoms with Crippen LogP contribution in [0.5, 0.6) is 0 Å². The van der Waals surface area contributed by atoms with Crippen LogP contribution in [0.25, 0.3) is 0 Å². The van der Waals surface area contributed by atoms with Crippen molar-refractivity contribution in [1.82, 2.24) is 15.1 Å². The van der Waals surface area contributed by atoms with E-state index in [-0.39, 0.29) is 11.7 Å². The number of nitrogens with one attached hydrogen (secondary N) is 2. The predicted octanol–water partition coefficient (Wildman–Crippen LogP) is 2.20. The molecule has 1 aromatic heterocycles. The van der Waals surface area contributed by atoms with E-state index in [0.29, 0.717) is 12.2 Å². The third kappa shape index (κ3) is 4.36. The SMILES string of the molecule is O=C(Nc1cnn(CC2CCCO2)c1)NC(CO)c1c(F)cccc1F. The van der Waals surface area contributed by atoms with Gasteiger partial charge in [0.05, 0.1) is 37.2 Å². The van der Waals surface area contributed by atoms with Crippen LogP contribution in [0.3, 0.4) is 0 Å². The van der Waals surface area contributed by atoms with Crippen LogP contribution in [0, 0.1) is 11.6 Å². The molecule has 1 fully saturated rings. The number of hydrogen-bond donors (Lipinski definition) is 3. The van der Waals surface area contributed by atoms with Crippen molar-refractivity contribution < 1.29 is 23.4 Å². The molecule has 1 aromatic carbocycles. The van der Waals surface area contributed by atoms with Crippen LogP contribution < -0.4 is 10.6 Å². The summed E-state index contributed by atoms with van der Waals surface area (Å²) in [7, 11) is 0. The van der Waals surface area contributed by atoms with Gasteiger partial charge in [-0.25, -0.2) is 13.6 Å². The predicted molar refractivity (Wildman–Crippen MR) is 89.5 cm³/mol. The molecule has 7 nitrogen and oxygen atoms in total. The largest absolute Gasteiger partial charge is 0.394 e. The number of carbonyl (C=O) groups excluding carboxylic acids is 1. The second kappa shape index (κ2) is 8.24. The topological polar surface area (TPSA) is 88.4 Å². The Labute approximate surface area is 149 Å². The number of anilines is 1. The van der Waals surface area contributed by atoms with Gasteiger partial charge in [0.15, 0.2) is 0 Å². The lowest BCUT2D eigenvalue weighted by molar-refractivity contribution is 0.0940. The number of benzene rings is 1. The molecule has 2 heterocycles. The molecular weight excluding hydrogens is 346 g/mol. The maximum atomic E-state index is 13.8. The van der Waals surface area contributed by atoms with E-state index in [1.54, 1.807) is 10.9 Å². The van der Waals surface area contributed by atoms with Crippen LogP contribution >= 0.6 is 0 Å². The molecule has 2 atom stereocenters. The average Bonchev–Trinajstić information content (AvgIpc) is 3.26. The maximum Gasteiger partial charge on any atom is 0.319 e. The number of aliphatic hydroxyl groups is 1. The van der Waals surface area contributed by atoms with Crippen LogP contribution in [-0.4, -0.2) is 40.2 Å². The minimum atomic E-state index is -1.21. The van der Waals surface area contributed by atoms with Gasteiger partial charge >= 0.3 is 6.03 Å². The summed E-state index contributed by atoms with van der Waals surface area (Å²) < 4.78 is 34.8. The van der Waals surface area contributed by atoms with E-state index >= 15 is 0 Å². The standard InChI is InChI=1S/C17H20F2N4O3/c18-13-4-1-5-14(19)16(13)15(10-24)22-17(25)21-11-7-20-23(8-11)9-12-3-2-6-26-12/h1,4-5,7-8,12,15,24H,2-3,6,9-10H2,(H2,21,22,25). The summed E-state index contributed by atoms with van der Waals surface area (Å²) in [5.41, 5.74) is 0.0328. The lowest BCUT2D eigenvalue weighted by Gasteiger charge is -2.18. The van der Waals surface area contributed by atoms with Crippen LogP contribution in [-0.2, 0) is 11.3 Å². The number of carbonyl (C=O) groups is 1. The van der Waals surface area contributed by atoms with E-state index < -0.39 is 30.3 Å². The van der Waals surface area contributed by atoms with E-state index in [4.69, 9.17) is 4.74 Å². The van der Waals surface area contributed by atoms with Gasteiger partial charge < -0.3 is 20.5 Å². The Kier molecular flexibility index (Phi) is 5.79. The molecule has 1 saturated heterocycles. The van der Waals surface area contributed by atoms with Crippen molar-refractivity contribution in [3.8, 4) is 0 Å². The fraction of sp³-hybridized carbons (Fsp3) is 0.412. The van der Waals surface area contributed by atoms with Crippen molar-refractivity contribution in [1.29, 1.82) is 0 Å². The minimum absolute atomic E-state index is 0.111. The molecule has 140 valence electrons. The number of halogens is 2. The Hall–Kier alpha value is -2.52. The number of aromatic nitrogens is 2. The summed E-state index contributed by atoms with van der Waals surface area (Å²) in [5.74, 6) is -1.68. The number of urea groups is 1. The molecule has 3 rings (SSSR count). The van der Waals surface area contributed by atoms with Gasteiger partial charge in [0.25, 0.3) is 0 Å². The fourth-order valence-electron chi connectivity index (χ4n) is 2.90. The second-order valence-corrected chi connectivity index (χ2v) is 6.06. The average molecular weight is 366 g/mol. The number of rotatable bonds is 6. The van der Waals surface area contributed by atoms with E-state index in [1.165, 1.54) is 12.3 Å². The highest BCUT2D eigenvalue weighted by Gasteiger charge is 2.22. The van der Waals surface area contributed by atoms with Gasteiger partial charge in [0.1, 0.15) is 11.6 Å². The first-order chi connectivity index (χ1) is 12.6. The quantitative estimate of drug-likeness (QED) is 0.731. The second-order valence-electron chi connectivity index (χ2n) is 6.06. The number of hydrogen-bond acceptors (Lipinski definition) is 4. The monoisotopic (exact) mass is 366 g/mol. The van der Waals surface area contributed by atoms with E-state index in [0.717, 1.165) is 31.6 Å². The van der Waals surface area contributed by atoms with Gasteiger partial charge in [-0.05, 0) is 25.0 Å². The van der Waals surface area contributed by atoms with Crippen molar-refractivity contribution in [3.63, 3.8) is 0 Å². The van der Waals surface area contributed by atoms with Gasteiger partial charge in [-0.1, -0.05) is 6.07 Å². The summed E-state index contributed by atoms with van der Waals surface area (Å²) in [6.07, 6.45) is 5.20. The molecule has 2 amide bonds. The van der Waals surface area contributed by atoms with Crippen molar-refractivity contribution in [2.45, 2.75) is 31.5 Å². The van der Waals surface area contributed by atoms with Crippen molar-refractivity contribution in [3.05, 3.63) is 47.8 Å². The molecule has 1 aliphatic rings. The Bertz CT molecular complexity index is 742. The summed E-state index contributed by atoms with van der Waals surface area (Å²) in [6.45, 7) is 0.682. The van der Waals surface area contributed by atoms with E-state index in [2.05, 4.69) is 15.7 Å². The molecule has 0 radical (unpaired) electrons. The molecule has 0 spiro atoms. The highest BCUT2D eigenvalue weighted by molar-refractivity contribution is 5.89. The summed E-state index contributed by atoms with van der Waals surface area (Å²) in [5, 5.41) is 18.4. The lowest BCUT2D eigenvalue weighted by atomic mass is 10.1. The fourth-order valence-corrected chi connectivity index (χ4v) is 2.90. The zero-order valence-electron chi connectivity index (χ0n) is 14.0. The van der Waals surface area contributed by atoms with Gasteiger partial charge in [-0.3, -0.25) is 4.68 Å². The molecule has 9 heteroatoms. The molecular formula is C17H20F2N4O3. The molecule has 0 aliphatic carbocycles. The van der Waals surface area contributed by atoms with Crippen molar-refractivity contribution >= 4 is 11.7 Å². The molecule has 26 heavy (non-hydrogen) atoms. The highest BCUT2D eigenvalue weighted by Crippen LogP contribution is 2.21. The lowest BCUT2D eigenvalue weighted by Crippen LogP contribution is -2.35. The van der Waals surface area contributed by atoms with Crippen LogP contribution in [0.1, 0.15) is 24.4 Å². The number of aliphatic hydroxyl groups excluding tert-OH is 1. The van der Waals surface area contributed by atoms with E-state index in [9.17, 15) is 18.7 Å². The van der Waals surface area contributed by atoms with Gasteiger partial charge in [-0.15, -0.1) is 0 Å². The normalized spacial score (nSPS) is 17.9. The van der Waals surface area contributed by atoms with Crippen molar-refractivity contribution in [2.24, 2.45) is 0 Å². The number of nitrogens with zero attached hydrogens (tertiary/aromatic N) is 2. The third-order valence-corrected chi connectivity index (χ3v) is 4.14. The maximum absolute atomic E-state index is 13.8. The molecule has 1 aliphatic heterocycles. The zero-order chi connectivity index (χ0) is 18.5. The summed E-state index contributed by atoms with van der Waals surface area (Å²) in [4.78, 5) is 12.1. The number of amides is 2. The summed E-state index contributed by atoms with van der Waals surface area (Å²) in [6, 6.07) is 1.43. The van der Waals surface area contributed by atoms with Gasteiger partial charge in [0.2, 0.25) is 0 Å². The minimum Gasteiger partial charge on any atom is -0.394 e. The molecule has 0 bridgehead atoms. The Morgan fingerprint density at radius 1 is 1.42 bits per heavy atom. The molecule has 2 aromatic rings. The molecule has 3 N–H and O–H groups in total. The first-order valence-corrected chi connectivity index (χ1v) is 8.33. The van der Waals surface area contributed by atoms with Gasteiger partial charge in [-0.2, -0.15) is 5.10 Å². The van der Waals surface area contributed by atoms with Gasteiger partial charge in [0, 0.05) is 18.4 Å². The Balaban J connectivity index is 1.60. The molecule has 0 saturated carbocycles. The third-order valence-electron chi connectivity index (χ3n) is 4.14. The highest BCUT2D eigenvalue weighted by atomic mass is 19.1. The number of ether oxygens (including phenoxy) is 1. The first-order valence-electron chi connectivity index (χ1n) is 8.33. The Morgan fingerprint density at radius 3 is 2.85 bits per heavy atom. The molecule has 2 unspecified atom stereocenters. The Morgan fingerprint density at radius 2 is 2.19 bits per heavy atom. The van der Waals surface area contributed by atoms with Crippen molar-refractivity contribution in [2.75, 3.05) is 18.5 Å². The van der Waals surface area contributed by atoms with Crippen LogP contribution in [0.15, 0.2) is 30.6 Å². The smallest absolute Gasteiger partial charge is 0.319 e. The summed E-state index contributed by atoms with van der Waals surface area (Å²) >= 11 is 0. The first kappa shape index (κ1) is 18.3.